The smallest absolute Gasteiger partial charge is 0.130 e. The molecule has 0 radical (unpaired) electrons. The van der Waals surface area contributed by atoms with E-state index in [2.05, 4.69) is 28.1 Å². The Labute approximate surface area is 125 Å². The van der Waals surface area contributed by atoms with Gasteiger partial charge in [0.05, 0.1) is 11.4 Å². The summed E-state index contributed by atoms with van der Waals surface area (Å²) >= 11 is 6.28. The van der Waals surface area contributed by atoms with Gasteiger partial charge in [-0.05, 0) is 25.3 Å². The first-order valence-corrected chi connectivity index (χ1v) is 7.45. The topological polar surface area (TPSA) is 39.4 Å². The Kier molecular flexibility index (Phi) is 5.03. The molecular weight excluding hydrogens is 270 g/mol. The predicted molar refractivity (Wildman–Crippen MR) is 83.1 cm³/mol. The number of nitrogens with zero attached hydrogens (tertiary/aromatic N) is 3. The van der Waals surface area contributed by atoms with E-state index in [0.29, 0.717) is 0 Å². The third-order valence-electron chi connectivity index (χ3n) is 3.82. The van der Waals surface area contributed by atoms with Crippen LogP contribution in [0.15, 0.2) is 29.3 Å². The van der Waals surface area contributed by atoms with Gasteiger partial charge in [-0.1, -0.05) is 24.3 Å². The molecule has 1 atom stereocenters. The summed E-state index contributed by atoms with van der Waals surface area (Å²) in [6.07, 6.45) is 1.82. The number of rotatable bonds is 2. The number of benzene rings is 1. The predicted octanol–water partition coefficient (Wildman–Crippen LogP) is 3.60. The maximum atomic E-state index is 8.99. The van der Waals surface area contributed by atoms with E-state index in [4.69, 9.17) is 16.9 Å². The zero-order valence-corrected chi connectivity index (χ0v) is 12.8. The Morgan fingerprint density at radius 3 is 2.60 bits per heavy atom. The van der Waals surface area contributed by atoms with Crippen molar-refractivity contribution in [1.29, 1.82) is 5.26 Å². The summed E-state index contributed by atoms with van der Waals surface area (Å²) in [5.74, 6) is 1.18. The van der Waals surface area contributed by atoms with Gasteiger partial charge in [0.25, 0.3) is 0 Å². The maximum absolute atomic E-state index is 8.99. The highest BCUT2D eigenvalue weighted by molar-refractivity contribution is 6.21. The third-order valence-corrected chi connectivity index (χ3v) is 4.05. The summed E-state index contributed by atoms with van der Waals surface area (Å²) in [6.45, 7) is 3.75. The van der Waals surface area contributed by atoms with Gasteiger partial charge >= 0.3 is 0 Å². The molecule has 0 spiro atoms. The van der Waals surface area contributed by atoms with E-state index in [1.54, 1.807) is 0 Å². The van der Waals surface area contributed by atoms with E-state index in [9.17, 15) is 0 Å². The zero-order valence-electron chi connectivity index (χ0n) is 12.0. The average molecular weight is 290 g/mol. The van der Waals surface area contributed by atoms with Crippen LogP contribution in [0.2, 0.25) is 0 Å². The molecule has 1 unspecified atom stereocenters. The summed E-state index contributed by atoms with van der Waals surface area (Å²) in [4.78, 5) is 6.75. The second kappa shape index (κ2) is 6.76. The van der Waals surface area contributed by atoms with Crippen LogP contribution in [-0.2, 0) is 0 Å². The summed E-state index contributed by atoms with van der Waals surface area (Å²) < 4.78 is 0. The van der Waals surface area contributed by atoms with Crippen LogP contribution in [0, 0.1) is 17.2 Å². The molecular formula is C16H20ClN3. The third kappa shape index (κ3) is 3.13. The molecule has 1 fully saturated rings. The fourth-order valence-corrected chi connectivity index (χ4v) is 2.89. The first-order chi connectivity index (χ1) is 9.67. The van der Waals surface area contributed by atoms with Crippen LogP contribution in [-0.4, -0.2) is 30.9 Å². The lowest BCUT2D eigenvalue weighted by Gasteiger charge is -2.32. The fraction of sp³-hybridized carbons (Fsp3) is 0.500. The summed E-state index contributed by atoms with van der Waals surface area (Å²) in [5, 5.41) is 8.95. The van der Waals surface area contributed by atoms with Crippen LogP contribution in [0.1, 0.15) is 36.3 Å². The highest BCUT2D eigenvalue weighted by Crippen LogP contribution is 2.26. The Bertz CT molecular complexity index is 523. The van der Waals surface area contributed by atoms with Gasteiger partial charge in [-0.2, -0.15) is 5.26 Å². The van der Waals surface area contributed by atoms with Crippen molar-refractivity contribution < 1.29 is 0 Å². The lowest BCUT2D eigenvalue weighted by atomic mass is 9.96. The average Bonchev–Trinajstić information content (AvgIpc) is 2.49. The molecule has 0 saturated carbocycles. The van der Waals surface area contributed by atoms with Crippen LogP contribution in [0.4, 0.5) is 0 Å². The van der Waals surface area contributed by atoms with E-state index in [0.717, 1.165) is 42.9 Å². The minimum Gasteiger partial charge on any atom is -0.356 e. The van der Waals surface area contributed by atoms with Gasteiger partial charge < -0.3 is 4.90 Å². The first-order valence-electron chi connectivity index (χ1n) is 7.02. The van der Waals surface area contributed by atoms with Crippen molar-refractivity contribution in [3.63, 3.8) is 0 Å². The molecule has 0 aliphatic carbocycles. The molecule has 0 bridgehead atoms. The Hall–Kier alpha value is -1.53. The summed E-state index contributed by atoms with van der Waals surface area (Å²) in [5.41, 5.74) is 2.21. The molecule has 106 valence electrons. The molecule has 1 heterocycles. The number of amidine groups is 1. The molecule has 0 aromatic heterocycles. The second-order valence-electron chi connectivity index (χ2n) is 5.14. The van der Waals surface area contributed by atoms with Crippen LogP contribution >= 0.6 is 11.6 Å². The minimum atomic E-state index is -0.0420. The van der Waals surface area contributed by atoms with Crippen molar-refractivity contribution in [1.82, 2.24) is 4.90 Å². The number of hydrogen-bond acceptors (Lipinski definition) is 2. The lowest BCUT2D eigenvalue weighted by Crippen LogP contribution is -2.39. The van der Waals surface area contributed by atoms with Gasteiger partial charge in [0, 0.05) is 31.6 Å². The molecule has 1 saturated heterocycles. The molecule has 1 aromatic rings. The normalized spacial score (nSPS) is 18.7. The Morgan fingerprint density at radius 1 is 1.40 bits per heavy atom. The van der Waals surface area contributed by atoms with Crippen molar-refractivity contribution in [3.05, 3.63) is 35.4 Å². The molecule has 0 amide bonds. The second-order valence-corrected chi connectivity index (χ2v) is 5.80. The lowest BCUT2D eigenvalue weighted by molar-refractivity contribution is 0.303. The zero-order chi connectivity index (χ0) is 14.5. The van der Waals surface area contributed by atoms with Crippen LogP contribution in [0.5, 0.6) is 0 Å². The highest BCUT2D eigenvalue weighted by atomic mass is 35.5. The van der Waals surface area contributed by atoms with E-state index >= 15 is 0 Å². The number of aliphatic imine (C=N–C) groups is 1. The Morgan fingerprint density at radius 2 is 2.05 bits per heavy atom. The van der Waals surface area contributed by atoms with Crippen LogP contribution < -0.4 is 0 Å². The first kappa shape index (κ1) is 14.9. The SMILES string of the molecule is CN=C(c1ccccc1C(C)Cl)N1CCC(C#N)CC1. The van der Waals surface area contributed by atoms with Crippen LogP contribution in [0.25, 0.3) is 0 Å². The molecule has 1 aromatic carbocycles. The largest absolute Gasteiger partial charge is 0.356 e. The molecule has 20 heavy (non-hydrogen) atoms. The maximum Gasteiger partial charge on any atom is 0.130 e. The van der Waals surface area contributed by atoms with Crippen molar-refractivity contribution >= 4 is 17.4 Å². The summed E-state index contributed by atoms with van der Waals surface area (Å²) in [6, 6.07) is 10.5. The minimum absolute atomic E-state index is 0.0420. The molecule has 2 rings (SSSR count). The van der Waals surface area contributed by atoms with Crippen molar-refractivity contribution in [3.8, 4) is 6.07 Å². The van der Waals surface area contributed by atoms with Gasteiger partial charge in [0.2, 0.25) is 0 Å². The standard InChI is InChI=1S/C16H20ClN3/c1-12(17)14-5-3-4-6-15(14)16(19-2)20-9-7-13(11-18)8-10-20/h3-6,12-13H,7-10H2,1-2H3. The van der Waals surface area contributed by atoms with Gasteiger partial charge in [-0.3, -0.25) is 4.99 Å². The molecule has 4 heteroatoms. The van der Waals surface area contributed by atoms with Crippen LogP contribution in [0.3, 0.4) is 0 Å². The van der Waals surface area contributed by atoms with Gasteiger partial charge in [-0.25, -0.2) is 0 Å². The summed E-state index contributed by atoms with van der Waals surface area (Å²) in [7, 11) is 1.82. The number of likely N-dealkylation sites (tertiary alicyclic amines) is 1. The van der Waals surface area contributed by atoms with Crippen molar-refractivity contribution in [2.75, 3.05) is 20.1 Å². The number of nitriles is 1. The quantitative estimate of drug-likeness (QED) is 0.474. The number of hydrogen-bond donors (Lipinski definition) is 0. The number of piperidine rings is 1. The van der Waals surface area contributed by atoms with E-state index in [1.807, 2.05) is 26.1 Å². The van der Waals surface area contributed by atoms with Crippen molar-refractivity contribution in [2.24, 2.45) is 10.9 Å². The van der Waals surface area contributed by atoms with Gasteiger partial charge in [0.1, 0.15) is 5.84 Å². The molecule has 0 N–H and O–H groups in total. The van der Waals surface area contributed by atoms with Gasteiger partial charge in [0.15, 0.2) is 0 Å². The molecule has 1 aliphatic rings. The molecule has 3 nitrogen and oxygen atoms in total. The van der Waals surface area contributed by atoms with Crippen molar-refractivity contribution in [2.45, 2.75) is 25.1 Å². The van der Waals surface area contributed by atoms with E-state index < -0.39 is 0 Å². The highest BCUT2D eigenvalue weighted by Gasteiger charge is 2.23. The number of halogens is 1. The van der Waals surface area contributed by atoms with E-state index in [-0.39, 0.29) is 11.3 Å². The molecule has 1 aliphatic heterocycles. The number of alkyl halides is 1. The van der Waals surface area contributed by atoms with E-state index in [1.165, 1.54) is 0 Å². The fourth-order valence-electron chi connectivity index (χ4n) is 2.70. The van der Waals surface area contributed by atoms with Gasteiger partial charge in [-0.15, -0.1) is 11.6 Å². The Balaban J connectivity index is 2.24. The monoisotopic (exact) mass is 289 g/mol.